The minimum atomic E-state index is 0.308. The average Bonchev–Trinajstić information content (AvgIpc) is 2.29. The number of nitrogens with zero attached hydrogens (tertiary/aromatic N) is 2. The van der Waals surface area contributed by atoms with Crippen LogP contribution in [0.5, 0.6) is 0 Å². The maximum Gasteiger partial charge on any atom is 0.133 e. The first-order valence-corrected chi connectivity index (χ1v) is 7.20. The molecule has 0 saturated carbocycles. The van der Waals surface area contributed by atoms with Gasteiger partial charge < -0.3 is 4.74 Å². The molecule has 3 nitrogen and oxygen atoms in total. The maximum absolute atomic E-state index is 6.02. The summed E-state index contributed by atoms with van der Waals surface area (Å²) in [6.45, 7) is 5.87. The molecule has 1 aromatic rings. The molecular weight excluding hydrogens is 256 g/mol. The molecule has 0 radical (unpaired) electrons. The molecule has 1 aromatic heterocycles. The molecule has 5 heteroatoms. The summed E-state index contributed by atoms with van der Waals surface area (Å²) in [6, 6.07) is 1.85. The summed E-state index contributed by atoms with van der Waals surface area (Å²) in [5.41, 5.74) is 0. The van der Waals surface area contributed by atoms with Crippen molar-refractivity contribution in [2.24, 2.45) is 0 Å². The van der Waals surface area contributed by atoms with E-state index in [9.17, 15) is 0 Å². The lowest BCUT2D eigenvalue weighted by atomic mass is 10.2. The molecule has 94 valence electrons. The topological polar surface area (TPSA) is 35.0 Å². The molecule has 1 aliphatic rings. The minimum Gasteiger partial charge on any atom is -0.381 e. The average molecular weight is 273 g/mol. The molecule has 0 bridgehead atoms. The van der Waals surface area contributed by atoms with Crippen molar-refractivity contribution in [3.05, 3.63) is 17.0 Å². The lowest BCUT2D eigenvalue weighted by molar-refractivity contribution is 0.1000. The van der Waals surface area contributed by atoms with Gasteiger partial charge in [-0.3, -0.25) is 0 Å². The van der Waals surface area contributed by atoms with E-state index in [-0.39, 0.29) is 0 Å². The Morgan fingerprint density at radius 1 is 1.35 bits per heavy atom. The molecule has 0 unspecified atom stereocenters. The van der Waals surface area contributed by atoms with E-state index in [4.69, 9.17) is 16.3 Å². The second-order valence-corrected chi connectivity index (χ2v) is 6.18. The van der Waals surface area contributed by atoms with Gasteiger partial charge in [-0.2, -0.15) is 0 Å². The van der Waals surface area contributed by atoms with Crippen LogP contribution in [-0.2, 0) is 4.74 Å². The van der Waals surface area contributed by atoms with E-state index in [1.807, 2.05) is 6.07 Å². The Hall–Kier alpha value is -0.320. The fraction of sp³-hybridized carbons (Fsp3) is 0.667. The summed E-state index contributed by atoms with van der Waals surface area (Å²) in [5, 5.41) is 2.12. The van der Waals surface area contributed by atoms with E-state index in [0.29, 0.717) is 16.3 Å². The number of rotatable bonds is 3. The highest BCUT2D eigenvalue weighted by atomic mass is 35.5. The molecule has 1 aliphatic heterocycles. The number of hydrogen-bond acceptors (Lipinski definition) is 4. The van der Waals surface area contributed by atoms with Crippen molar-refractivity contribution in [1.29, 1.82) is 0 Å². The first kappa shape index (κ1) is 13.1. The SMILES string of the molecule is CC(C)c1nc(Cl)cc(SC2CCOCC2)n1. The Balaban J connectivity index is 2.09. The molecule has 2 heterocycles. The third-order valence-electron chi connectivity index (χ3n) is 2.66. The van der Waals surface area contributed by atoms with Gasteiger partial charge in [0.25, 0.3) is 0 Å². The van der Waals surface area contributed by atoms with E-state index in [1.165, 1.54) is 0 Å². The Kier molecular flexibility index (Phi) is 4.65. The fourth-order valence-electron chi connectivity index (χ4n) is 1.70. The van der Waals surface area contributed by atoms with Crippen molar-refractivity contribution in [2.75, 3.05) is 13.2 Å². The van der Waals surface area contributed by atoms with E-state index < -0.39 is 0 Å². The molecule has 2 rings (SSSR count). The van der Waals surface area contributed by atoms with Crippen LogP contribution in [0.2, 0.25) is 5.15 Å². The molecule has 0 amide bonds. The van der Waals surface area contributed by atoms with Crippen LogP contribution < -0.4 is 0 Å². The van der Waals surface area contributed by atoms with Gasteiger partial charge in [-0.1, -0.05) is 25.4 Å². The standard InChI is InChI=1S/C12H17ClN2OS/c1-8(2)12-14-10(13)7-11(15-12)17-9-3-5-16-6-4-9/h7-9H,3-6H2,1-2H3. The lowest BCUT2D eigenvalue weighted by Crippen LogP contribution is -2.17. The summed E-state index contributed by atoms with van der Waals surface area (Å²) in [4.78, 5) is 8.80. The summed E-state index contributed by atoms with van der Waals surface area (Å²) in [6.07, 6.45) is 2.17. The van der Waals surface area contributed by atoms with Crippen LogP contribution in [0.3, 0.4) is 0 Å². The maximum atomic E-state index is 6.02. The Labute approximate surface area is 111 Å². The monoisotopic (exact) mass is 272 g/mol. The van der Waals surface area contributed by atoms with Crippen LogP contribution >= 0.6 is 23.4 Å². The highest BCUT2D eigenvalue weighted by Gasteiger charge is 2.17. The molecule has 0 atom stereocenters. The smallest absolute Gasteiger partial charge is 0.133 e. The third kappa shape index (κ3) is 3.83. The molecule has 17 heavy (non-hydrogen) atoms. The first-order valence-electron chi connectivity index (χ1n) is 5.94. The van der Waals surface area contributed by atoms with Crippen molar-refractivity contribution < 1.29 is 4.74 Å². The van der Waals surface area contributed by atoms with Crippen LogP contribution in [-0.4, -0.2) is 28.4 Å². The quantitative estimate of drug-likeness (QED) is 0.789. The summed E-state index contributed by atoms with van der Waals surface area (Å²) in [7, 11) is 0. The van der Waals surface area contributed by atoms with Gasteiger partial charge in [0.05, 0.1) is 0 Å². The van der Waals surface area contributed by atoms with Crippen molar-refractivity contribution in [3.63, 3.8) is 0 Å². The van der Waals surface area contributed by atoms with Gasteiger partial charge in [-0.15, -0.1) is 11.8 Å². The largest absolute Gasteiger partial charge is 0.381 e. The lowest BCUT2D eigenvalue weighted by Gasteiger charge is -2.21. The van der Waals surface area contributed by atoms with Gasteiger partial charge in [0.15, 0.2) is 0 Å². The number of hydrogen-bond donors (Lipinski definition) is 0. The molecule has 0 spiro atoms. The zero-order chi connectivity index (χ0) is 12.3. The first-order chi connectivity index (χ1) is 8.15. The highest BCUT2D eigenvalue weighted by Crippen LogP contribution is 2.30. The normalized spacial score (nSPS) is 17.6. The molecular formula is C12H17ClN2OS. The van der Waals surface area contributed by atoms with Crippen LogP contribution in [0.15, 0.2) is 11.1 Å². The predicted molar refractivity (Wildman–Crippen MR) is 70.8 cm³/mol. The number of aromatic nitrogens is 2. The summed E-state index contributed by atoms with van der Waals surface area (Å²) in [5.74, 6) is 1.13. The second-order valence-electron chi connectivity index (χ2n) is 4.47. The van der Waals surface area contributed by atoms with Crippen LogP contribution in [0.1, 0.15) is 38.4 Å². The minimum absolute atomic E-state index is 0.308. The summed E-state index contributed by atoms with van der Waals surface area (Å²) < 4.78 is 5.35. The van der Waals surface area contributed by atoms with Gasteiger partial charge >= 0.3 is 0 Å². The molecule has 1 saturated heterocycles. The van der Waals surface area contributed by atoms with E-state index in [0.717, 1.165) is 36.9 Å². The Morgan fingerprint density at radius 3 is 2.71 bits per heavy atom. The van der Waals surface area contributed by atoms with Gasteiger partial charge in [-0.05, 0) is 12.8 Å². The van der Waals surface area contributed by atoms with Crippen molar-refractivity contribution in [3.8, 4) is 0 Å². The second kappa shape index (κ2) is 6.03. The molecule has 0 N–H and O–H groups in total. The van der Waals surface area contributed by atoms with Gasteiger partial charge in [0, 0.05) is 30.4 Å². The third-order valence-corrected chi connectivity index (χ3v) is 4.11. The van der Waals surface area contributed by atoms with E-state index in [1.54, 1.807) is 11.8 Å². The highest BCUT2D eigenvalue weighted by molar-refractivity contribution is 7.99. The van der Waals surface area contributed by atoms with E-state index >= 15 is 0 Å². The van der Waals surface area contributed by atoms with Crippen LogP contribution in [0, 0.1) is 0 Å². The molecule has 0 aliphatic carbocycles. The van der Waals surface area contributed by atoms with Crippen molar-refractivity contribution in [2.45, 2.75) is 42.9 Å². The zero-order valence-electron chi connectivity index (χ0n) is 10.1. The van der Waals surface area contributed by atoms with Crippen molar-refractivity contribution >= 4 is 23.4 Å². The molecule has 0 aromatic carbocycles. The van der Waals surface area contributed by atoms with Gasteiger partial charge in [0.1, 0.15) is 16.0 Å². The number of ether oxygens (including phenoxy) is 1. The summed E-state index contributed by atoms with van der Waals surface area (Å²) >= 11 is 7.82. The van der Waals surface area contributed by atoms with E-state index in [2.05, 4.69) is 23.8 Å². The number of thioether (sulfide) groups is 1. The zero-order valence-corrected chi connectivity index (χ0v) is 11.7. The van der Waals surface area contributed by atoms with Crippen LogP contribution in [0.25, 0.3) is 0 Å². The van der Waals surface area contributed by atoms with Crippen LogP contribution in [0.4, 0.5) is 0 Å². The van der Waals surface area contributed by atoms with Gasteiger partial charge in [0.2, 0.25) is 0 Å². The molecule has 1 fully saturated rings. The fourth-order valence-corrected chi connectivity index (χ4v) is 3.05. The predicted octanol–water partition coefficient (Wildman–Crippen LogP) is 3.52. The van der Waals surface area contributed by atoms with Crippen molar-refractivity contribution in [1.82, 2.24) is 9.97 Å². The van der Waals surface area contributed by atoms with Gasteiger partial charge in [-0.25, -0.2) is 9.97 Å². The Bertz CT molecular complexity index is 381. The number of halogens is 1. The Morgan fingerprint density at radius 2 is 2.06 bits per heavy atom.